The lowest BCUT2D eigenvalue weighted by Crippen LogP contribution is -2.14. The van der Waals surface area contributed by atoms with E-state index in [2.05, 4.69) is 5.32 Å². The van der Waals surface area contributed by atoms with Gasteiger partial charge in [-0.15, -0.1) is 0 Å². The van der Waals surface area contributed by atoms with E-state index in [4.69, 9.17) is 0 Å². The summed E-state index contributed by atoms with van der Waals surface area (Å²) in [6.45, 7) is 0. The van der Waals surface area contributed by atoms with Crippen LogP contribution in [0.1, 0.15) is 51.4 Å². The summed E-state index contributed by atoms with van der Waals surface area (Å²) in [6.07, 6.45) is 8.69. The molecule has 0 aliphatic heterocycles. The molecule has 0 spiro atoms. The molecule has 1 N–H and O–H groups in total. The van der Waals surface area contributed by atoms with Gasteiger partial charge in [0, 0.05) is 12.5 Å². The number of amides is 1. The lowest BCUT2D eigenvalue weighted by Gasteiger charge is -2.21. The zero-order chi connectivity index (χ0) is 14.4. The zero-order valence-electron chi connectivity index (χ0n) is 11.6. The zero-order valence-corrected chi connectivity index (χ0v) is 11.6. The van der Waals surface area contributed by atoms with Crippen LogP contribution in [0.2, 0.25) is 0 Å². The minimum absolute atomic E-state index is 0.0762. The van der Waals surface area contributed by atoms with Gasteiger partial charge in [0.1, 0.15) is 11.6 Å². The third kappa shape index (κ3) is 4.58. The molecule has 0 saturated heterocycles. The molecular weight excluding hydrogens is 260 g/mol. The first-order valence-electron chi connectivity index (χ1n) is 7.40. The molecule has 1 aromatic rings. The van der Waals surface area contributed by atoms with Crippen LogP contribution in [0.3, 0.4) is 0 Å². The van der Waals surface area contributed by atoms with Crippen molar-refractivity contribution >= 4 is 11.6 Å². The van der Waals surface area contributed by atoms with Crippen LogP contribution in [0.4, 0.5) is 14.5 Å². The molecule has 20 heavy (non-hydrogen) atoms. The largest absolute Gasteiger partial charge is 0.324 e. The fourth-order valence-corrected chi connectivity index (χ4v) is 2.83. The van der Waals surface area contributed by atoms with Gasteiger partial charge in [-0.25, -0.2) is 8.78 Å². The molecular formula is C16H21F2NO. The summed E-state index contributed by atoms with van der Waals surface area (Å²) in [6, 6.07) is 3.06. The van der Waals surface area contributed by atoms with E-state index in [1.165, 1.54) is 32.1 Å². The van der Waals surface area contributed by atoms with Crippen LogP contribution in [0, 0.1) is 17.6 Å². The molecule has 0 heterocycles. The van der Waals surface area contributed by atoms with Crippen molar-refractivity contribution in [1.82, 2.24) is 0 Å². The van der Waals surface area contributed by atoms with Gasteiger partial charge < -0.3 is 5.32 Å². The molecule has 2 nitrogen and oxygen atoms in total. The van der Waals surface area contributed by atoms with Crippen LogP contribution >= 0.6 is 0 Å². The third-order valence-corrected chi connectivity index (χ3v) is 3.94. The summed E-state index contributed by atoms with van der Waals surface area (Å²) in [7, 11) is 0. The Hall–Kier alpha value is -1.45. The molecule has 1 aromatic carbocycles. The molecule has 0 atom stereocenters. The van der Waals surface area contributed by atoms with E-state index in [0.29, 0.717) is 6.42 Å². The van der Waals surface area contributed by atoms with Gasteiger partial charge in [-0.3, -0.25) is 4.79 Å². The standard InChI is InChI=1S/C16H21F2NO/c17-13-9-10-14(18)15(11-13)19-16(20)8-4-7-12-5-2-1-3-6-12/h9-12H,1-8H2,(H,19,20). The Morgan fingerprint density at radius 3 is 2.70 bits per heavy atom. The molecule has 1 aliphatic rings. The average Bonchev–Trinajstić information content (AvgIpc) is 2.44. The van der Waals surface area contributed by atoms with E-state index < -0.39 is 11.6 Å². The fraction of sp³-hybridized carbons (Fsp3) is 0.562. The molecule has 1 amide bonds. The van der Waals surface area contributed by atoms with Crippen molar-refractivity contribution < 1.29 is 13.6 Å². The predicted molar refractivity (Wildman–Crippen MR) is 75.4 cm³/mol. The number of nitrogens with one attached hydrogen (secondary N) is 1. The van der Waals surface area contributed by atoms with Crippen molar-refractivity contribution in [3.05, 3.63) is 29.8 Å². The highest BCUT2D eigenvalue weighted by atomic mass is 19.1. The van der Waals surface area contributed by atoms with Gasteiger partial charge in [0.15, 0.2) is 0 Å². The van der Waals surface area contributed by atoms with E-state index in [9.17, 15) is 13.6 Å². The molecule has 0 aromatic heterocycles. The maximum Gasteiger partial charge on any atom is 0.224 e. The summed E-state index contributed by atoms with van der Waals surface area (Å²) >= 11 is 0. The van der Waals surface area contributed by atoms with Crippen LogP contribution in [0.15, 0.2) is 18.2 Å². The summed E-state index contributed by atoms with van der Waals surface area (Å²) in [4.78, 5) is 11.7. The number of anilines is 1. The van der Waals surface area contributed by atoms with E-state index in [1.54, 1.807) is 0 Å². The topological polar surface area (TPSA) is 29.1 Å². The maximum absolute atomic E-state index is 13.4. The predicted octanol–water partition coefficient (Wildman–Crippen LogP) is 4.65. The smallest absolute Gasteiger partial charge is 0.224 e. The first-order chi connectivity index (χ1) is 9.65. The first-order valence-corrected chi connectivity index (χ1v) is 7.40. The Bertz CT molecular complexity index is 456. The summed E-state index contributed by atoms with van der Waals surface area (Å²) in [5, 5.41) is 2.43. The molecule has 2 rings (SSSR count). The third-order valence-electron chi connectivity index (χ3n) is 3.94. The minimum Gasteiger partial charge on any atom is -0.324 e. The van der Waals surface area contributed by atoms with E-state index in [-0.39, 0.29) is 11.6 Å². The highest BCUT2D eigenvalue weighted by Crippen LogP contribution is 2.27. The van der Waals surface area contributed by atoms with Crippen molar-refractivity contribution in [3.63, 3.8) is 0 Å². The fourth-order valence-electron chi connectivity index (χ4n) is 2.83. The van der Waals surface area contributed by atoms with Crippen molar-refractivity contribution in [2.75, 3.05) is 5.32 Å². The highest BCUT2D eigenvalue weighted by molar-refractivity contribution is 5.90. The number of rotatable bonds is 5. The van der Waals surface area contributed by atoms with E-state index in [0.717, 1.165) is 37.0 Å². The number of carbonyl (C=O) groups is 1. The SMILES string of the molecule is O=C(CCCC1CCCCC1)Nc1cc(F)ccc1F. The number of carbonyl (C=O) groups excluding carboxylic acids is 1. The Morgan fingerprint density at radius 1 is 1.20 bits per heavy atom. The Kier molecular flexibility index (Phi) is 5.50. The number of benzene rings is 1. The van der Waals surface area contributed by atoms with Gasteiger partial charge in [0.25, 0.3) is 0 Å². The molecule has 1 aliphatic carbocycles. The van der Waals surface area contributed by atoms with Crippen LogP contribution < -0.4 is 5.32 Å². The average molecular weight is 281 g/mol. The molecule has 1 saturated carbocycles. The molecule has 1 fully saturated rings. The van der Waals surface area contributed by atoms with Gasteiger partial charge in [0.05, 0.1) is 5.69 Å². The molecule has 0 radical (unpaired) electrons. The van der Waals surface area contributed by atoms with Gasteiger partial charge in [-0.2, -0.15) is 0 Å². The molecule has 0 bridgehead atoms. The van der Waals surface area contributed by atoms with Crippen LogP contribution in [0.25, 0.3) is 0 Å². The molecule has 4 heteroatoms. The van der Waals surface area contributed by atoms with Gasteiger partial charge in [0.2, 0.25) is 5.91 Å². The number of hydrogen-bond donors (Lipinski definition) is 1. The Morgan fingerprint density at radius 2 is 1.95 bits per heavy atom. The van der Waals surface area contributed by atoms with Crippen LogP contribution in [0.5, 0.6) is 0 Å². The number of halogens is 2. The quantitative estimate of drug-likeness (QED) is 0.836. The van der Waals surface area contributed by atoms with E-state index in [1.807, 2.05) is 0 Å². The lowest BCUT2D eigenvalue weighted by atomic mass is 9.86. The number of hydrogen-bond acceptors (Lipinski definition) is 1. The van der Waals surface area contributed by atoms with Gasteiger partial charge in [-0.1, -0.05) is 32.1 Å². The molecule has 0 unspecified atom stereocenters. The normalized spacial score (nSPS) is 16.1. The lowest BCUT2D eigenvalue weighted by molar-refractivity contribution is -0.116. The summed E-state index contributed by atoms with van der Waals surface area (Å²) in [5.74, 6) is -0.663. The van der Waals surface area contributed by atoms with Gasteiger partial charge in [-0.05, 0) is 30.9 Å². The Balaban J connectivity index is 1.73. The van der Waals surface area contributed by atoms with E-state index >= 15 is 0 Å². The maximum atomic E-state index is 13.4. The molecule has 110 valence electrons. The van der Waals surface area contributed by atoms with Crippen molar-refractivity contribution in [3.8, 4) is 0 Å². The van der Waals surface area contributed by atoms with Crippen molar-refractivity contribution in [1.29, 1.82) is 0 Å². The monoisotopic (exact) mass is 281 g/mol. The second-order valence-electron chi connectivity index (χ2n) is 5.57. The van der Waals surface area contributed by atoms with Gasteiger partial charge >= 0.3 is 0 Å². The highest BCUT2D eigenvalue weighted by Gasteiger charge is 2.14. The second-order valence-corrected chi connectivity index (χ2v) is 5.57. The van der Waals surface area contributed by atoms with Crippen LogP contribution in [-0.2, 0) is 4.79 Å². The van der Waals surface area contributed by atoms with Crippen molar-refractivity contribution in [2.45, 2.75) is 51.4 Å². The second kappa shape index (κ2) is 7.36. The van der Waals surface area contributed by atoms with Crippen molar-refractivity contribution in [2.24, 2.45) is 5.92 Å². The Labute approximate surface area is 118 Å². The summed E-state index contributed by atoms with van der Waals surface area (Å²) < 4.78 is 26.3. The summed E-state index contributed by atoms with van der Waals surface area (Å²) in [5.41, 5.74) is -0.0762. The minimum atomic E-state index is -0.605. The van der Waals surface area contributed by atoms with Crippen LogP contribution in [-0.4, -0.2) is 5.91 Å². The first kappa shape index (κ1) is 14.9.